The number of anilines is 1. The van der Waals surface area contributed by atoms with Gasteiger partial charge in [0, 0.05) is 24.2 Å². The molecule has 6 nitrogen and oxygen atoms in total. The molecule has 104 valence electrons. The van der Waals surface area contributed by atoms with E-state index in [0.717, 1.165) is 6.26 Å². The Labute approximate surface area is 116 Å². The summed E-state index contributed by atoms with van der Waals surface area (Å²) >= 11 is 5.35. The van der Waals surface area contributed by atoms with E-state index in [1.54, 1.807) is 0 Å². The van der Waals surface area contributed by atoms with Crippen molar-refractivity contribution in [2.24, 2.45) is 0 Å². The molecule has 0 spiro atoms. The molecule has 3 amide bonds. The molecule has 0 fully saturated rings. The van der Waals surface area contributed by atoms with Crippen LogP contribution in [0.15, 0.2) is 29.2 Å². The Bertz CT molecular complexity index is 569. The van der Waals surface area contributed by atoms with Crippen molar-refractivity contribution in [1.29, 1.82) is 0 Å². The zero-order valence-electron chi connectivity index (χ0n) is 10.1. The number of nitrogens with one attached hydrogen (secondary N) is 2. The lowest BCUT2D eigenvalue weighted by Crippen LogP contribution is -2.34. The van der Waals surface area contributed by atoms with Crippen LogP contribution in [0.5, 0.6) is 0 Å². The number of carbonyl (C=O) groups excluding carboxylic acids is 2. The Morgan fingerprint density at radius 1 is 1.21 bits per heavy atom. The van der Waals surface area contributed by atoms with Crippen molar-refractivity contribution >= 4 is 39.1 Å². The first-order valence-corrected chi connectivity index (χ1v) is 7.72. The van der Waals surface area contributed by atoms with Crippen molar-refractivity contribution < 1.29 is 18.0 Å². The average molecular weight is 305 g/mol. The molecule has 19 heavy (non-hydrogen) atoms. The zero-order valence-corrected chi connectivity index (χ0v) is 11.7. The molecule has 8 heteroatoms. The van der Waals surface area contributed by atoms with Crippen molar-refractivity contribution in [3.05, 3.63) is 24.3 Å². The number of sulfone groups is 1. The number of imide groups is 1. The minimum absolute atomic E-state index is 0.0436. The van der Waals surface area contributed by atoms with Crippen LogP contribution in [0.2, 0.25) is 0 Å². The SMILES string of the molecule is CS(=O)(=O)c1ccc(NC(=O)NC(=O)CCCl)cc1. The predicted molar refractivity (Wildman–Crippen MR) is 72.1 cm³/mol. The van der Waals surface area contributed by atoms with Gasteiger partial charge in [0.2, 0.25) is 5.91 Å². The summed E-state index contributed by atoms with van der Waals surface area (Å²) in [6.45, 7) is 0. The monoisotopic (exact) mass is 304 g/mol. The maximum absolute atomic E-state index is 11.4. The fourth-order valence-corrected chi connectivity index (χ4v) is 2.02. The van der Waals surface area contributed by atoms with Gasteiger partial charge in [0.15, 0.2) is 9.84 Å². The van der Waals surface area contributed by atoms with E-state index in [1.165, 1.54) is 24.3 Å². The van der Waals surface area contributed by atoms with E-state index in [-0.39, 0.29) is 17.2 Å². The molecule has 0 bridgehead atoms. The van der Waals surface area contributed by atoms with Gasteiger partial charge in [-0.2, -0.15) is 0 Å². The van der Waals surface area contributed by atoms with Crippen LogP contribution in [0.25, 0.3) is 0 Å². The molecule has 0 unspecified atom stereocenters. The molecular weight excluding hydrogens is 292 g/mol. The summed E-state index contributed by atoms with van der Waals surface area (Å²) in [6, 6.07) is 4.91. The van der Waals surface area contributed by atoms with E-state index in [1.807, 2.05) is 0 Å². The minimum atomic E-state index is -3.27. The molecule has 0 heterocycles. The second kappa shape index (κ2) is 6.53. The van der Waals surface area contributed by atoms with Gasteiger partial charge in [-0.05, 0) is 24.3 Å². The van der Waals surface area contributed by atoms with E-state index in [9.17, 15) is 18.0 Å². The Morgan fingerprint density at radius 3 is 2.26 bits per heavy atom. The highest BCUT2D eigenvalue weighted by Gasteiger charge is 2.09. The fraction of sp³-hybridized carbons (Fsp3) is 0.273. The molecule has 0 aliphatic carbocycles. The predicted octanol–water partition coefficient (Wildman–Crippen LogP) is 1.37. The number of hydrogen-bond donors (Lipinski definition) is 2. The molecule has 1 aromatic rings. The van der Waals surface area contributed by atoms with E-state index in [2.05, 4.69) is 10.6 Å². The molecule has 0 saturated carbocycles. The van der Waals surface area contributed by atoms with Crippen molar-refractivity contribution in [2.75, 3.05) is 17.5 Å². The van der Waals surface area contributed by atoms with Gasteiger partial charge < -0.3 is 5.32 Å². The van der Waals surface area contributed by atoms with Crippen LogP contribution < -0.4 is 10.6 Å². The van der Waals surface area contributed by atoms with Gasteiger partial charge in [-0.25, -0.2) is 13.2 Å². The van der Waals surface area contributed by atoms with Gasteiger partial charge in [0.25, 0.3) is 0 Å². The highest BCUT2D eigenvalue weighted by Crippen LogP contribution is 2.13. The average Bonchev–Trinajstić information content (AvgIpc) is 2.28. The van der Waals surface area contributed by atoms with E-state index < -0.39 is 21.8 Å². The summed E-state index contributed by atoms with van der Waals surface area (Å²) in [6.07, 6.45) is 1.13. The lowest BCUT2D eigenvalue weighted by atomic mass is 10.3. The third-order valence-electron chi connectivity index (χ3n) is 2.11. The Hall–Kier alpha value is -1.60. The maximum Gasteiger partial charge on any atom is 0.325 e. The normalized spacial score (nSPS) is 10.8. The molecule has 0 aliphatic rings. The second-order valence-electron chi connectivity index (χ2n) is 3.74. The largest absolute Gasteiger partial charge is 0.325 e. The van der Waals surface area contributed by atoms with Crippen molar-refractivity contribution in [3.8, 4) is 0 Å². The van der Waals surface area contributed by atoms with Crippen LogP contribution in [-0.2, 0) is 14.6 Å². The molecule has 2 N–H and O–H groups in total. The molecule has 0 aromatic heterocycles. The van der Waals surface area contributed by atoms with Crippen LogP contribution in [0, 0.1) is 0 Å². The number of urea groups is 1. The number of benzene rings is 1. The number of alkyl halides is 1. The zero-order chi connectivity index (χ0) is 14.5. The van der Waals surface area contributed by atoms with Gasteiger partial charge in [0.1, 0.15) is 0 Å². The highest BCUT2D eigenvalue weighted by molar-refractivity contribution is 7.90. The van der Waals surface area contributed by atoms with Crippen LogP contribution in [0.1, 0.15) is 6.42 Å². The van der Waals surface area contributed by atoms with Gasteiger partial charge in [0.05, 0.1) is 4.90 Å². The molecule has 0 radical (unpaired) electrons. The van der Waals surface area contributed by atoms with Crippen LogP contribution in [-0.4, -0.2) is 32.5 Å². The molecule has 1 rings (SSSR count). The quantitative estimate of drug-likeness (QED) is 0.822. The van der Waals surface area contributed by atoms with E-state index in [4.69, 9.17) is 11.6 Å². The molecule has 1 aromatic carbocycles. The maximum atomic E-state index is 11.4. The van der Waals surface area contributed by atoms with Crippen molar-refractivity contribution in [3.63, 3.8) is 0 Å². The summed E-state index contributed by atoms with van der Waals surface area (Å²) in [5.74, 6) is -0.359. The summed E-state index contributed by atoms with van der Waals surface area (Å²) in [5.41, 5.74) is 0.378. The van der Waals surface area contributed by atoms with Crippen LogP contribution in [0.4, 0.5) is 10.5 Å². The van der Waals surface area contributed by atoms with Crippen LogP contribution in [0.3, 0.4) is 0 Å². The smallest absolute Gasteiger partial charge is 0.308 e. The minimum Gasteiger partial charge on any atom is -0.308 e. The third kappa shape index (κ3) is 5.27. The molecular formula is C11H13ClN2O4S. The first-order valence-electron chi connectivity index (χ1n) is 5.30. The summed E-state index contributed by atoms with van der Waals surface area (Å²) in [5, 5.41) is 4.48. The second-order valence-corrected chi connectivity index (χ2v) is 6.13. The Kier molecular flexibility index (Phi) is 5.31. The number of carbonyl (C=O) groups is 2. The number of amides is 3. The number of halogens is 1. The standard InChI is InChI=1S/C11H13ClN2O4S/c1-19(17,18)9-4-2-8(3-5-9)13-11(16)14-10(15)6-7-12/h2-5H,6-7H2,1H3,(H2,13,14,15,16). The summed E-state index contributed by atoms with van der Waals surface area (Å²) in [7, 11) is -3.27. The molecule has 0 saturated heterocycles. The topological polar surface area (TPSA) is 92.3 Å². The summed E-state index contributed by atoms with van der Waals surface area (Å²) < 4.78 is 22.5. The lowest BCUT2D eigenvalue weighted by Gasteiger charge is -2.06. The van der Waals surface area contributed by atoms with Gasteiger partial charge in [-0.15, -0.1) is 11.6 Å². The first kappa shape index (κ1) is 15.5. The van der Waals surface area contributed by atoms with Crippen LogP contribution >= 0.6 is 11.6 Å². The lowest BCUT2D eigenvalue weighted by molar-refractivity contribution is -0.119. The van der Waals surface area contributed by atoms with Gasteiger partial charge in [-0.1, -0.05) is 0 Å². The highest BCUT2D eigenvalue weighted by atomic mass is 35.5. The first-order chi connectivity index (χ1) is 8.82. The van der Waals surface area contributed by atoms with E-state index in [0.29, 0.717) is 5.69 Å². The Balaban J connectivity index is 2.63. The fourth-order valence-electron chi connectivity index (χ4n) is 1.22. The van der Waals surface area contributed by atoms with Crippen molar-refractivity contribution in [2.45, 2.75) is 11.3 Å². The Morgan fingerprint density at radius 2 is 1.79 bits per heavy atom. The molecule has 0 aliphatic heterocycles. The van der Waals surface area contributed by atoms with Gasteiger partial charge in [-0.3, -0.25) is 10.1 Å². The van der Waals surface area contributed by atoms with Gasteiger partial charge >= 0.3 is 6.03 Å². The van der Waals surface area contributed by atoms with E-state index >= 15 is 0 Å². The van der Waals surface area contributed by atoms with Crippen molar-refractivity contribution in [1.82, 2.24) is 5.32 Å². The number of hydrogen-bond acceptors (Lipinski definition) is 4. The number of rotatable bonds is 4. The summed E-state index contributed by atoms with van der Waals surface area (Å²) in [4.78, 5) is 22.6. The third-order valence-corrected chi connectivity index (χ3v) is 3.43. The molecule has 0 atom stereocenters.